The summed E-state index contributed by atoms with van der Waals surface area (Å²) in [5, 5.41) is 8.64. The van der Waals surface area contributed by atoms with E-state index in [2.05, 4.69) is 0 Å². The summed E-state index contributed by atoms with van der Waals surface area (Å²) in [7, 11) is 1.61. The molecule has 1 aromatic carbocycles. The van der Waals surface area contributed by atoms with Crippen LogP contribution in [0.5, 0.6) is 0 Å². The molecule has 0 amide bonds. The fourth-order valence-corrected chi connectivity index (χ4v) is 1.78. The standard InChI is InChI=1S/C14H19F2N3/c1-9(2)13(18)4-5-19(3)14-11(15)6-10(8-17)7-12(14)16/h6-7,9,13H,4-5,18H2,1-3H3. The van der Waals surface area contributed by atoms with Crippen LogP contribution in [0.15, 0.2) is 12.1 Å². The van der Waals surface area contributed by atoms with Crippen LogP contribution in [-0.4, -0.2) is 19.6 Å². The maximum Gasteiger partial charge on any atom is 0.150 e. The molecular formula is C14H19F2N3. The minimum absolute atomic E-state index is 0.00745. The second kappa shape index (κ2) is 6.48. The summed E-state index contributed by atoms with van der Waals surface area (Å²) in [5.41, 5.74) is 5.77. The van der Waals surface area contributed by atoms with E-state index in [-0.39, 0.29) is 17.3 Å². The molecule has 1 atom stereocenters. The molecule has 104 valence electrons. The van der Waals surface area contributed by atoms with Gasteiger partial charge in [-0.05, 0) is 24.5 Å². The Bertz CT molecular complexity index is 457. The van der Waals surface area contributed by atoms with Crippen LogP contribution in [0.3, 0.4) is 0 Å². The number of hydrogen-bond acceptors (Lipinski definition) is 3. The van der Waals surface area contributed by atoms with Gasteiger partial charge in [0.25, 0.3) is 0 Å². The zero-order valence-electron chi connectivity index (χ0n) is 11.5. The van der Waals surface area contributed by atoms with Crippen LogP contribution in [0.2, 0.25) is 0 Å². The van der Waals surface area contributed by atoms with E-state index >= 15 is 0 Å². The third-order valence-electron chi connectivity index (χ3n) is 3.18. The van der Waals surface area contributed by atoms with E-state index in [9.17, 15) is 8.78 Å². The van der Waals surface area contributed by atoms with Crippen LogP contribution in [-0.2, 0) is 0 Å². The van der Waals surface area contributed by atoms with Gasteiger partial charge in [-0.2, -0.15) is 5.26 Å². The van der Waals surface area contributed by atoms with Crippen LogP contribution in [0, 0.1) is 28.9 Å². The van der Waals surface area contributed by atoms with Crippen LogP contribution >= 0.6 is 0 Å². The number of nitriles is 1. The number of halogens is 2. The van der Waals surface area contributed by atoms with Crippen LogP contribution in [0.4, 0.5) is 14.5 Å². The van der Waals surface area contributed by atoms with Crippen molar-refractivity contribution >= 4 is 5.69 Å². The number of nitrogens with two attached hydrogens (primary N) is 1. The highest BCUT2D eigenvalue weighted by atomic mass is 19.1. The monoisotopic (exact) mass is 267 g/mol. The van der Waals surface area contributed by atoms with Crippen LogP contribution in [0.1, 0.15) is 25.8 Å². The molecule has 5 heteroatoms. The number of benzene rings is 1. The van der Waals surface area contributed by atoms with E-state index in [1.54, 1.807) is 13.1 Å². The molecule has 0 bridgehead atoms. The van der Waals surface area contributed by atoms with Crippen molar-refractivity contribution in [2.24, 2.45) is 11.7 Å². The molecule has 0 aliphatic heterocycles. The van der Waals surface area contributed by atoms with E-state index in [0.29, 0.717) is 18.9 Å². The molecule has 0 aromatic heterocycles. The van der Waals surface area contributed by atoms with Gasteiger partial charge in [-0.1, -0.05) is 13.8 Å². The second-order valence-electron chi connectivity index (χ2n) is 5.02. The average Bonchev–Trinajstić information content (AvgIpc) is 2.34. The zero-order valence-corrected chi connectivity index (χ0v) is 11.5. The molecule has 1 unspecified atom stereocenters. The van der Waals surface area contributed by atoms with E-state index in [4.69, 9.17) is 11.0 Å². The summed E-state index contributed by atoms with van der Waals surface area (Å²) >= 11 is 0. The van der Waals surface area contributed by atoms with Gasteiger partial charge in [0.1, 0.15) is 5.69 Å². The summed E-state index contributed by atoms with van der Waals surface area (Å²) in [5.74, 6) is -1.13. The molecule has 0 heterocycles. The summed E-state index contributed by atoms with van der Waals surface area (Å²) in [4.78, 5) is 1.49. The Labute approximate surface area is 112 Å². The van der Waals surface area contributed by atoms with E-state index < -0.39 is 11.6 Å². The predicted molar refractivity (Wildman–Crippen MR) is 71.8 cm³/mol. The van der Waals surface area contributed by atoms with Gasteiger partial charge in [-0.3, -0.25) is 0 Å². The minimum Gasteiger partial charge on any atom is -0.370 e. The molecule has 0 fully saturated rings. The lowest BCUT2D eigenvalue weighted by molar-refractivity contribution is 0.463. The van der Waals surface area contributed by atoms with Crippen molar-refractivity contribution in [1.29, 1.82) is 5.26 Å². The van der Waals surface area contributed by atoms with Gasteiger partial charge in [0.05, 0.1) is 11.6 Å². The largest absolute Gasteiger partial charge is 0.370 e. The van der Waals surface area contributed by atoms with E-state index in [1.807, 2.05) is 13.8 Å². The highest BCUT2D eigenvalue weighted by molar-refractivity contribution is 5.52. The lowest BCUT2D eigenvalue weighted by Crippen LogP contribution is -2.32. The maximum atomic E-state index is 13.8. The van der Waals surface area contributed by atoms with Crippen molar-refractivity contribution in [3.63, 3.8) is 0 Å². The molecular weight excluding hydrogens is 248 g/mol. The SMILES string of the molecule is CC(C)C(N)CCN(C)c1c(F)cc(C#N)cc1F. The first-order valence-electron chi connectivity index (χ1n) is 6.22. The topological polar surface area (TPSA) is 53.0 Å². The van der Waals surface area contributed by atoms with Crippen molar-refractivity contribution in [2.75, 3.05) is 18.5 Å². The molecule has 1 aromatic rings. The third kappa shape index (κ3) is 3.90. The Balaban J connectivity index is 2.83. The lowest BCUT2D eigenvalue weighted by Gasteiger charge is -2.24. The summed E-state index contributed by atoms with van der Waals surface area (Å²) < 4.78 is 27.5. The molecule has 1 rings (SSSR count). The summed E-state index contributed by atoms with van der Waals surface area (Å²) in [6.07, 6.45) is 0.646. The molecule has 0 saturated heterocycles. The highest BCUT2D eigenvalue weighted by Gasteiger charge is 2.16. The van der Waals surface area contributed by atoms with Crippen molar-refractivity contribution in [1.82, 2.24) is 0 Å². The number of hydrogen-bond donors (Lipinski definition) is 1. The van der Waals surface area contributed by atoms with Crippen molar-refractivity contribution in [3.8, 4) is 6.07 Å². The Hall–Kier alpha value is -1.67. The number of rotatable bonds is 5. The van der Waals surface area contributed by atoms with Gasteiger partial charge in [-0.15, -0.1) is 0 Å². The molecule has 19 heavy (non-hydrogen) atoms. The molecule has 0 spiro atoms. The summed E-state index contributed by atoms with van der Waals surface area (Å²) in [6, 6.07) is 3.79. The highest BCUT2D eigenvalue weighted by Crippen LogP contribution is 2.24. The molecule has 3 nitrogen and oxygen atoms in total. The molecule has 0 radical (unpaired) electrons. The summed E-state index contributed by atoms with van der Waals surface area (Å²) in [6.45, 7) is 4.47. The quantitative estimate of drug-likeness (QED) is 0.892. The molecule has 2 N–H and O–H groups in total. The van der Waals surface area contributed by atoms with Gasteiger partial charge in [0.2, 0.25) is 0 Å². The van der Waals surface area contributed by atoms with Gasteiger partial charge < -0.3 is 10.6 Å². The number of nitrogens with zero attached hydrogens (tertiary/aromatic N) is 2. The first-order valence-corrected chi connectivity index (χ1v) is 6.22. The first kappa shape index (κ1) is 15.4. The second-order valence-corrected chi connectivity index (χ2v) is 5.02. The average molecular weight is 267 g/mol. The first-order chi connectivity index (χ1) is 8.86. The Kier molecular flexibility index (Phi) is 5.25. The Morgan fingerprint density at radius 3 is 2.26 bits per heavy atom. The zero-order chi connectivity index (χ0) is 14.6. The van der Waals surface area contributed by atoms with Crippen LogP contribution < -0.4 is 10.6 Å². The van der Waals surface area contributed by atoms with Gasteiger partial charge in [0.15, 0.2) is 11.6 Å². The van der Waals surface area contributed by atoms with Crippen LogP contribution in [0.25, 0.3) is 0 Å². The predicted octanol–water partition coefficient (Wildman–Crippen LogP) is 2.65. The molecule has 0 aliphatic carbocycles. The molecule has 0 saturated carbocycles. The fourth-order valence-electron chi connectivity index (χ4n) is 1.78. The van der Waals surface area contributed by atoms with Gasteiger partial charge in [-0.25, -0.2) is 8.78 Å². The third-order valence-corrected chi connectivity index (χ3v) is 3.18. The lowest BCUT2D eigenvalue weighted by atomic mass is 10.0. The van der Waals surface area contributed by atoms with Crippen molar-refractivity contribution in [3.05, 3.63) is 29.3 Å². The van der Waals surface area contributed by atoms with E-state index in [0.717, 1.165) is 12.1 Å². The maximum absolute atomic E-state index is 13.8. The normalized spacial score (nSPS) is 12.3. The Morgan fingerprint density at radius 2 is 1.84 bits per heavy atom. The fraction of sp³-hybridized carbons (Fsp3) is 0.500. The Morgan fingerprint density at radius 1 is 1.32 bits per heavy atom. The number of anilines is 1. The van der Waals surface area contributed by atoms with E-state index in [1.165, 1.54) is 4.90 Å². The molecule has 0 aliphatic rings. The van der Waals surface area contributed by atoms with Crippen molar-refractivity contribution in [2.45, 2.75) is 26.3 Å². The minimum atomic E-state index is -0.725. The van der Waals surface area contributed by atoms with Crippen molar-refractivity contribution < 1.29 is 8.78 Å². The van der Waals surface area contributed by atoms with Gasteiger partial charge >= 0.3 is 0 Å². The van der Waals surface area contributed by atoms with Gasteiger partial charge in [0, 0.05) is 19.6 Å². The smallest absolute Gasteiger partial charge is 0.150 e.